The van der Waals surface area contributed by atoms with Crippen molar-refractivity contribution in [1.29, 1.82) is 0 Å². The fraction of sp³-hybridized carbons (Fsp3) is 0.667. The smallest absolute Gasteiger partial charge is 0.333 e. The molecule has 0 spiro atoms. The van der Waals surface area contributed by atoms with E-state index in [2.05, 4.69) is 0 Å². The number of carbonyl (C=O) groups excluding carboxylic acids is 1. The van der Waals surface area contributed by atoms with E-state index in [0.29, 0.717) is 17.8 Å². The van der Waals surface area contributed by atoms with Crippen LogP contribution in [-0.2, 0) is 14.3 Å². The van der Waals surface area contributed by atoms with Gasteiger partial charge in [0, 0.05) is 19.2 Å². The van der Waals surface area contributed by atoms with E-state index in [-0.39, 0.29) is 18.2 Å². The molecule has 0 bridgehead atoms. The first-order valence-electron chi connectivity index (χ1n) is 7.06. The Morgan fingerprint density at radius 3 is 2.18 bits per heavy atom. The second-order valence-corrected chi connectivity index (χ2v) is 6.32. The molecule has 0 atom stereocenters. The molecule has 1 aromatic rings. The molecule has 1 heterocycles. The summed E-state index contributed by atoms with van der Waals surface area (Å²) in [6.45, 7) is 7.96. The summed E-state index contributed by atoms with van der Waals surface area (Å²) < 4.78 is 11.7. The Bertz CT molecular complexity index is 487. The van der Waals surface area contributed by atoms with Crippen LogP contribution in [0.1, 0.15) is 40.5 Å². The van der Waals surface area contributed by atoms with Crippen LogP contribution < -0.4 is 4.84 Å². The van der Waals surface area contributed by atoms with E-state index in [1.807, 2.05) is 27.7 Å². The average molecular weight is 315 g/mol. The maximum absolute atomic E-state index is 11.8. The zero-order valence-corrected chi connectivity index (χ0v) is 13.8. The molecule has 1 aromatic heterocycles. The predicted molar refractivity (Wildman–Crippen MR) is 79.7 cm³/mol. The van der Waals surface area contributed by atoms with E-state index in [4.69, 9.17) is 14.3 Å². The first-order chi connectivity index (χ1) is 10.1. The lowest BCUT2D eigenvalue weighted by molar-refractivity contribution is -0.148. The zero-order valence-electron chi connectivity index (χ0n) is 13.8. The molecule has 0 aromatic carbocycles. The van der Waals surface area contributed by atoms with Gasteiger partial charge in [-0.25, -0.2) is 4.79 Å². The number of hydrogen-bond acceptors (Lipinski definition) is 6. The van der Waals surface area contributed by atoms with E-state index in [1.54, 1.807) is 7.11 Å². The van der Waals surface area contributed by atoms with Crippen molar-refractivity contribution in [2.24, 2.45) is 0 Å². The second-order valence-electron chi connectivity index (χ2n) is 6.32. The van der Waals surface area contributed by atoms with E-state index < -0.39 is 17.2 Å². The highest BCUT2D eigenvalue weighted by molar-refractivity contribution is 5.70. The van der Waals surface area contributed by atoms with Crippen LogP contribution in [0, 0.1) is 0 Å². The van der Waals surface area contributed by atoms with Crippen molar-refractivity contribution in [2.75, 3.05) is 13.7 Å². The van der Waals surface area contributed by atoms with Gasteiger partial charge in [0.15, 0.2) is 0 Å². The molecule has 22 heavy (non-hydrogen) atoms. The molecule has 0 amide bonds. The van der Waals surface area contributed by atoms with Crippen LogP contribution in [-0.4, -0.2) is 45.8 Å². The summed E-state index contributed by atoms with van der Waals surface area (Å²) in [4.78, 5) is 16.6. The van der Waals surface area contributed by atoms with Crippen molar-refractivity contribution >= 4 is 5.97 Å². The molecule has 7 heteroatoms. The number of ether oxygens (including phenoxy) is 2. The Morgan fingerprint density at radius 1 is 1.14 bits per heavy atom. The molecule has 0 saturated heterocycles. The third kappa shape index (κ3) is 5.57. The molecule has 0 radical (unpaired) electrons. The van der Waals surface area contributed by atoms with Gasteiger partial charge >= 0.3 is 5.97 Å². The number of carbonyl (C=O) groups is 1. The Hall–Kier alpha value is -1.73. The molecule has 0 fully saturated rings. The predicted octanol–water partition coefficient (Wildman–Crippen LogP) is 1.85. The van der Waals surface area contributed by atoms with Crippen molar-refractivity contribution in [2.45, 2.75) is 51.7 Å². The minimum absolute atomic E-state index is 0.0808. The van der Waals surface area contributed by atoms with Gasteiger partial charge in [-0.2, -0.15) is 0 Å². The highest BCUT2D eigenvalue weighted by Gasteiger charge is 2.26. The fourth-order valence-corrected chi connectivity index (χ4v) is 1.55. The van der Waals surface area contributed by atoms with Crippen LogP contribution in [0.15, 0.2) is 12.1 Å². The average Bonchev–Trinajstić information content (AvgIpc) is 2.75. The number of aromatic hydroxyl groups is 2. The molecule has 0 unspecified atom stereocenters. The minimum Gasteiger partial charge on any atom is -0.492 e. The Morgan fingerprint density at radius 2 is 1.68 bits per heavy atom. The Balaban J connectivity index is 2.45. The maximum atomic E-state index is 11.8. The lowest BCUT2D eigenvalue weighted by Gasteiger charge is -2.31. The quantitative estimate of drug-likeness (QED) is 0.761. The molecule has 0 aliphatic carbocycles. The third-order valence-corrected chi connectivity index (χ3v) is 3.29. The van der Waals surface area contributed by atoms with Crippen molar-refractivity contribution in [3.8, 4) is 11.8 Å². The van der Waals surface area contributed by atoms with Gasteiger partial charge in [-0.3, -0.25) is 0 Å². The molecule has 126 valence electrons. The van der Waals surface area contributed by atoms with Crippen molar-refractivity contribution < 1.29 is 29.3 Å². The van der Waals surface area contributed by atoms with Crippen molar-refractivity contribution in [3.05, 3.63) is 12.1 Å². The fourth-order valence-electron chi connectivity index (χ4n) is 1.55. The van der Waals surface area contributed by atoms with Crippen LogP contribution in [0.4, 0.5) is 0 Å². The van der Waals surface area contributed by atoms with E-state index in [9.17, 15) is 15.0 Å². The lowest BCUT2D eigenvalue weighted by Crippen LogP contribution is -2.36. The standard InChI is InChI=1S/C15H25NO6/c1-14(2,21-10-15(3,4)20-5)9-8-13(19)22-16-11(17)6-7-12(16)18/h6-7,17-18H,8-10H2,1-5H3. The van der Waals surface area contributed by atoms with Gasteiger partial charge in [-0.15, -0.1) is 4.73 Å². The third-order valence-electron chi connectivity index (χ3n) is 3.29. The first kappa shape index (κ1) is 18.3. The van der Waals surface area contributed by atoms with Crippen LogP contribution in [0.5, 0.6) is 11.8 Å². The number of methoxy groups -OCH3 is 1. The summed E-state index contributed by atoms with van der Waals surface area (Å²) in [6.07, 6.45) is 0.506. The van der Waals surface area contributed by atoms with Gasteiger partial charge in [0.05, 0.1) is 24.2 Å². The summed E-state index contributed by atoms with van der Waals surface area (Å²) in [5.74, 6) is -1.27. The van der Waals surface area contributed by atoms with Crippen LogP contribution in [0.3, 0.4) is 0 Å². The van der Waals surface area contributed by atoms with Crippen LogP contribution >= 0.6 is 0 Å². The monoisotopic (exact) mass is 315 g/mol. The van der Waals surface area contributed by atoms with Gasteiger partial charge < -0.3 is 24.5 Å². The maximum Gasteiger partial charge on any atom is 0.333 e. The van der Waals surface area contributed by atoms with Crippen LogP contribution in [0.25, 0.3) is 0 Å². The first-order valence-corrected chi connectivity index (χ1v) is 7.06. The van der Waals surface area contributed by atoms with Crippen molar-refractivity contribution in [1.82, 2.24) is 4.73 Å². The highest BCUT2D eigenvalue weighted by Crippen LogP contribution is 2.22. The molecular formula is C15H25NO6. The number of hydrogen-bond donors (Lipinski definition) is 2. The van der Waals surface area contributed by atoms with Gasteiger partial charge in [0.25, 0.3) is 0 Å². The summed E-state index contributed by atoms with van der Waals surface area (Å²) >= 11 is 0. The number of rotatable bonds is 8. The number of nitrogens with zero attached hydrogens (tertiary/aromatic N) is 1. The van der Waals surface area contributed by atoms with Crippen molar-refractivity contribution in [3.63, 3.8) is 0 Å². The van der Waals surface area contributed by atoms with Gasteiger partial charge in [0.1, 0.15) is 0 Å². The molecular weight excluding hydrogens is 290 g/mol. The number of aromatic nitrogens is 1. The second kappa shape index (κ2) is 7.02. The molecule has 0 aliphatic rings. The normalized spacial score (nSPS) is 12.4. The molecule has 0 saturated carbocycles. The molecule has 0 aliphatic heterocycles. The minimum atomic E-state index is -0.579. The van der Waals surface area contributed by atoms with E-state index in [1.165, 1.54) is 12.1 Å². The SMILES string of the molecule is COC(C)(C)COC(C)(C)CCC(=O)On1c(O)ccc1O. The summed E-state index contributed by atoms with van der Waals surface area (Å²) in [5.41, 5.74) is -0.934. The van der Waals surface area contributed by atoms with Gasteiger partial charge in [-0.05, 0) is 34.1 Å². The summed E-state index contributed by atoms with van der Waals surface area (Å²) in [6, 6.07) is 2.45. The van der Waals surface area contributed by atoms with Gasteiger partial charge in [-0.1, -0.05) is 0 Å². The Kier molecular flexibility index (Phi) is 5.85. The van der Waals surface area contributed by atoms with E-state index >= 15 is 0 Å². The van der Waals surface area contributed by atoms with Gasteiger partial charge in [0.2, 0.25) is 11.8 Å². The molecule has 1 rings (SSSR count). The van der Waals surface area contributed by atoms with E-state index in [0.717, 1.165) is 0 Å². The zero-order chi connectivity index (χ0) is 17.0. The highest BCUT2D eigenvalue weighted by atomic mass is 16.7. The largest absolute Gasteiger partial charge is 0.492 e. The topological polar surface area (TPSA) is 90.2 Å². The molecule has 7 nitrogen and oxygen atoms in total. The summed E-state index contributed by atoms with van der Waals surface area (Å²) in [5, 5.41) is 18.8. The van der Waals surface area contributed by atoms with Crippen LogP contribution in [0.2, 0.25) is 0 Å². The Labute approximate surface area is 130 Å². The molecule has 2 N–H and O–H groups in total. The summed E-state index contributed by atoms with van der Waals surface area (Å²) in [7, 11) is 1.61. The lowest BCUT2D eigenvalue weighted by atomic mass is 10.0.